The number of benzene rings is 1. The fourth-order valence-electron chi connectivity index (χ4n) is 1.32. The zero-order valence-electron chi connectivity index (χ0n) is 10.8. The maximum absolute atomic E-state index is 12.2. The third kappa shape index (κ3) is 4.04. The van der Waals surface area contributed by atoms with Crippen molar-refractivity contribution in [2.45, 2.75) is 20.5 Å². The predicted molar refractivity (Wildman–Crippen MR) is 67.7 cm³/mol. The van der Waals surface area contributed by atoms with Crippen LogP contribution < -0.4 is 10.1 Å². The number of nitrogens with one attached hydrogen (secondary N) is 1. The maximum Gasteiger partial charge on any atom is 0.387 e. The molecule has 2 N–H and O–H groups in total. The minimum Gasteiger partial charge on any atom is -0.478 e. The van der Waals surface area contributed by atoms with Crippen molar-refractivity contribution in [2.75, 3.05) is 5.32 Å². The van der Waals surface area contributed by atoms with Crippen molar-refractivity contribution < 1.29 is 28.2 Å². The number of carboxylic acid groups (broad SMARTS) is 1. The Morgan fingerprint density at radius 3 is 2.35 bits per heavy atom. The Balaban J connectivity index is 2.97. The molecular formula is C13H13F2NO4. The highest BCUT2D eigenvalue weighted by Gasteiger charge is 2.15. The lowest BCUT2D eigenvalue weighted by molar-refractivity contribution is -0.133. The van der Waals surface area contributed by atoms with E-state index in [9.17, 15) is 18.4 Å². The number of amides is 1. The van der Waals surface area contributed by atoms with E-state index in [-0.39, 0.29) is 22.6 Å². The molecule has 0 saturated carbocycles. The van der Waals surface area contributed by atoms with E-state index in [0.717, 1.165) is 0 Å². The third-order valence-corrected chi connectivity index (χ3v) is 2.58. The van der Waals surface area contributed by atoms with Crippen molar-refractivity contribution in [3.63, 3.8) is 0 Å². The van der Waals surface area contributed by atoms with Gasteiger partial charge in [-0.1, -0.05) is 12.1 Å². The lowest BCUT2D eigenvalue weighted by Gasteiger charge is -2.12. The molecule has 0 radical (unpaired) electrons. The van der Waals surface area contributed by atoms with Crippen LogP contribution in [0.25, 0.3) is 0 Å². The molecule has 0 unspecified atom stereocenters. The molecule has 20 heavy (non-hydrogen) atoms. The summed E-state index contributed by atoms with van der Waals surface area (Å²) in [6.07, 6.45) is 0. The lowest BCUT2D eigenvalue weighted by Crippen LogP contribution is -2.17. The molecule has 1 aromatic rings. The summed E-state index contributed by atoms with van der Waals surface area (Å²) in [6.45, 7) is -0.417. The van der Waals surface area contributed by atoms with E-state index in [1.165, 1.54) is 38.1 Å². The molecule has 0 aliphatic rings. The first-order valence-electron chi connectivity index (χ1n) is 5.59. The van der Waals surface area contributed by atoms with Gasteiger partial charge < -0.3 is 15.2 Å². The van der Waals surface area contributed by atoms with Crippen molar-refractivity contribution >= 4 is 17.6 Å². The zero-order valence-corrected chi connectivity index (χ0v) is 10.8. The Morgan fingerprint density at radius 1 is 1.20 bits per heavy atom. The van der Waals surface area contributed by atoms with Gasteiger partial charge in [0.1, 0.15) is 5.75 Å². The quantitative estimate of drug-likeness (QED) is 0.815. The number of alkyl halides is 2. The van der Waals surface area contributed by atoms with Gasteiger partial charge in [0.05, 0.1) is 5.69 Å². The van der Waals surface area contributed by atoms with Crippen LogP contribution in [0.4, 0.5) is 14.5 Å². The highest BCUT2D eigenvalue weighted by Crippen LogP contribution is 2.26. The van der Waals surface area contributed by atoms with Crippen LogP contribution >= 0.6 is 0 Å². The summed E-state index contributed by atoms with van der Waals surface area (Å²) in [5.41, 5.74) is -0.116. The Hall–Kier alpha value is -2.44. The van der Waals surface area contributed by atoms with Crippen LogP contribution in [0.2, 0.25) is 0 Å². The van der Waals surface area contributed by atoms with Crippen LogP contribution in [-0.2, 0) is 9.59 Å². The van der Waals surface area contributed by atoms with Crippen LogP contribution in [-0.4, -0.2) is 23.6 Å². The number of halogens is 2. The lowest BCUT2D eigenvalue weighted by atomic mass is 10.1. The predicted octanol–water partition coefficient (Wildman–Crippen LogP) is 2.65. The van der Waals surface area contributed by atoms with E-state index < -0.39 is 18.5 Å². The van der Waals surface area contributed by atoms with Gasteiger partial charge in [-0.2, -0.15) is 8.78 Å². The van der Waals surface area contributed by atoms with Crippen LogP contribution in [0.5, 0.6) is 5.75 Å². The number of rotatable bonds is 5. The molecule has 108 valence electrons. The van der Waals surface area contributed by atoms with Gasteiger partial charge in [-0.3, -0.25) is 4.79 Å². The molecule has 0 aliphatic heterocycles. The van der Waals surface area contributed by atoms with Crippen molar-refractivity contribution in [3.05, 3.63) is 35.4 Å². The van der Waals surface area contributed by atoms with Crippen LogP contribution in [0, 0.1) is 0 Å². The SMILES string of the molecule is CC(C(=O)O)=C(C)C(=O)Nc1ccccc1OC(F)F. The number of hydrogen-bond donors (Lipinski definition) is 2. The maximum atomic E-state index is 12.2. The number of hydrogen-bond acceptors (Lipinski definition) is 3. The van der Waals surface area contributed by atoms with Crippen LogP contribution in [0.15, 0.2) is 35.4 Å². The van der Waals surface area contributed by atoms with Gasteiger partial charge in [0.15, 0.2) is 0 Å². The Kier molecular flexibility index (Phi) is 5.19. The molecule has 0 atom stereocenters. The molecule has 1 amide bonds. The summed E-state index contributed by atoms with van der Waals surface area (Å²) in [5.74, 6) is -2.12. The summed E-state index contributed by atoms with van der Waals surface area (Å²) < 4.78 is 28.7. The third-order valence-electron chi connectivity index (χ3n) is 2.58. The molecule has 0 aromatic heterocycles. The number of carboxylic acids is 1. The Morgan fingerprint density at radius 2 is 1.80 bits per heavy atom. The van der Waals surface area contributed by atoms with E-state index >= 15 is 0 Å². The average Bonchev–Trinajstić information content (AvgIpc) is 2.38. The molecular weight excluding hydrogens is 272 g/mol. The second-order valence-corrected chi connectivity index (χ2v) is 3.88. The van der Waals surface area contributed by atoms with Crippen molar-refractivity contribution in [3.8, 4) is 5.75 Å². The summed E-state index contributed by atoms with van der Waals surface area (Å²) in [7, 11) is 0. The highest BCUT2D eigenvalue weighted by molar-refractivity contribution is 6.08. The molecule has 0 spiro atoms. The number of carbonyl (C=O) groups excluding carboxylic acids is 1. The second kappa shape index (κ2) is 6.65. The number of para-hydroxylation sites is 2. The van der Waals surface area contributed by atoms with E-state index in [4.69, 9.17) is 5.11 Å². The Labute approximate surface area is 113 Å². The highest BCUT2D eigenvalue weighted by atomic mass is 19.3. The number of ether oxygens (including phenoxy) is 1. The van der Waals surface area contributed by atoms with Crippen LogP contribution in [0.3, 0.4) is 0 Å². The van der Waals surface area contributed by atoms with E-state index in [1.54, 1.807) is 0 Å². The number of aliphatic carboxylic acids is 1. The normalized spacial score (nSPS) is 11.8. The van der Waals surface area contributed by atoms with Gasteiger partial charge in [-0.15, -0.1) is 0 Å². The first kappa shape index (κ1) is 15.6. The fourth-order valence-corrected chi connectivity index (χ4v) is 1.32. The summed E-state index contributed by atoms with van der Waals surface area (Å²) >= 11 is 0. The largest absolute Gasteiger partial charge is 0.478 e. The Bertz CT molecular complexity index is 555. The van der Waals surface area contributed by atoms with Crippen molar-refractivity contribution in [2.24, 2.45) is 0 Å². The molecule has 1 aromatic carbocycles. The molecule has 5 nitrogen and oxygen atoms in total. The number of carbonyl (C=O) groups is 2. The summed E-state index contributed by atoms with van der Waals surface area (Å²) in [5, 5.41) is 11.1. The summed E-state index contributed by atoms with van der Waals surface area (Å²) in [6, 6.07) is 5.64. The first-order chi connectivity index (χ1) is 9.32. The molecule has 0 heterocycles. The molecule has 0 saturated heterocycles. The minimum atomic E-state index is -3.02. The standard InChI is InChI=1S/C13H13F2NO4/c1-7(8(2)12(18)19)11(17)16-9-5-3-4-6-10(9)20-13(14)15/h3-6,13H,1-2H3,(H,16,17)(H,18,19). The smallest absolute Gasteiger partial charge is 0.387 e. The van der Waals surface area contributed by atoms with Crippen LogP contribution in [0.1, 0.15) is 13.8 Å². The number of anilines is 1. The van der Waals surface area contributed by atoms with E-state index in [0.29, 0.717) is 0 Å². The molecule has 0 fully saturated rings. The van der Waals surface area contributed by atoms with E-state index in [2.05, 4.69) is 10.1 Å². The molecule has 0 bridgehead atoms. The fraction of sp³-hybridized carbons (Fsp3) is 0.231. The zero-order chi connectivity index (χ0) is 15.3. The van der Waals surface area contributed by atoms with E-state index in [1.807, 2.05) is 0 Å². The average molecular weight is 285 g/mol. The topological polar surface area (TPSA) is 75.6 Å². The monoisotopic (exact) mass is 285 g/mol. The molecule has 7 heteroatoms. The van der Waals surface area contributed by atoms with Gasteiger partial charge in [-0.25, -0.2) is 4.79 Å². The van der Waals surface area contributed by atoms with Gasteiger partial charge in [0, 0.05) is 11.1 Å². The van der Waals surface area contributed by atoms with Gasteiger partial charge >= 0.3 is 12.6 Å². The molecule has 1 rings (SSSR count). The molecule has 0 aliphatic carbocycles. The minimum absolute atomic E-state index is 0.0237. The van der Waals surface area contributed by atoms with Crippen molar-refractivity contribution in [1.82, 2.24) is 0 Å². The van der Waals surface area contributed by atoms with Gasteiger partial charge in [0.25, 0.3) is 5.91 Å². The van der Waals surface area contributed by atoms with Crippen molar-refractivity contribution in [1.29, 1.82) is 0 Å². The van der Waals surface area contributed by atoms with Gasteiger partial charge in [-0.05, 0) is 26.0 Å². The second-order valence-electron chi connectivity index (χ2n) is 3.88. The first-order valence-corrected chi connectivity index (χ1v) is 5.59. The summed E-state index contributed by atoms with van der Waals surface area (Å²) in [4.78, 5) is 22.6. The van der Waals surface area contributed by atoms with Gasteiger partial charge in [0.2, 0.25) is 0 Å².